The van der Waals surface area contributed by atoms with E-state index in [9.17, 15) is 4.79 Å². The van der Waals surface area contributed by atoms with Gasteiger partial charge >= 0.3 is 0 Å². The molecule has 5 atom stereocenters. The van der Waals surface area contributed by atoms with E-state index in [2.05, 4.69) is 42.4 Å². The first-order valence-electron chi connectivity index (χ1n) is 10.6. The van der Waals surface area contributed by atoms with Gasteiger partial charge in [-0.15, -0.1) is 0 Å². The molecule has 27 heavy (non-hydrogen) atoms. The highest BCUT2D eigenvalue weighted by Crippen LogP contribution is 2.65. The summed E-state index contributed by atoms with van der Waals surface area (Å²) in [5.41, 5.74) is 4.83. The minimum absolute atomic E-state index is 0.159. The predicted octanol–water partition coefficient (Wildman–Crippen LogP) is 4.76. The highest BCUT2D eigenvalue weighted by Gasteiger charge is 2.55. The van der Waals surface area contributed by atoms with Crippen molar-refractivity contribution in [1.29, 1.82) is 0 Å². The number of amides is 1. The van der Waals surface area contributed by atoms with Crippen LogP contribution in [0, 0.1) is 28.6 Å². The molecule has 3 aliphatic carbocycles. The molecule has 3 fully saturated rings. The second-order valence-electron chi connectivity index (χ2n) is 9.61. The molecular weight excluding hydrogens is 332 g/mol. The molecule has 0 radical (unpaired) electrons. The van der Waals surface area contributed by atoms with E-state index in [1.54, 1.807) is 5.57 Å². The molecule has 2 saturated carbocycles. The number of hydrogen-bond acceptors (Lipinski definition) is 2. The average Bonchev–Trinajstić information content (AvgIpc) is 2.93. The van der Waals surface area contributed by atoms with Gasteiger partial charge in [0, 0.05) is 30.8 Å². The molecule has 3 nitrogen and oxygen atoms in total. The molecule has 2 heterocycles. The fourth-order valence-corrected chi connectivity index (χ4v) is 6.96. The van der Waals surface area contributed by atoms with Crippen LogP contribution in [0.1, 0.15) is 57.9 Å². The molecular formula is C24H30N2O. The Morgan fingerprint density at radius 2 is 2.04 bits per heavy atom. The summed E-state index contributed by atoms with van der Waals surface area (Å²) >= 11 is 0. The minimum Gasteiger partial charge on any atom is -0.356 e. The van der Waals surface area contributed by atoms with E-state index in [0.717, 1.165) is 19.4 Å². The highest BCUT2D eigenvalue weighted by molar-refractivity contribution is 5.78. The second kappa shape index (κ2) is 6.05. The van der Waals surface area contributed by atoms with Gasteiger partial charge in [-0.2, -0.15) is 0 Å². The van der Waals surface area contributed by atoms with Crippen molar-refractivity contribution in [3.63, 3.8) is 0 Å². The molecule has 142 valence electrons. The second-order valence-corrected chi connectivity index (χ2v) is 9.61. The Kier molecular flexibility index (Phi) is 3.86. The van der Waals surface area contributed by atoms with Crippen LogP contribution in [0.4, 0.5) is 0 Å². The van der Waals surface area contributed by atoms with E-state index >= 15 is 0 Å². The number of rotatable bonds is 1. The van der Waals surface area contributed by atoms with Gasteiger partial charge in [0.25, 0.3) is 0 Å². The number of nitrogens with one attached hydrogen (secondary N) is 1. The maximum atomic E-state index is 12.1. The summed E-state index contributed by atoms with van der Waals surface area (Å²) in [5.74, 6) is 2.20. The van der Waals surface area contributed by atoms with Gasteiger partial charge in [-0.05, 0) is 72.5 Å². The summed E-state index contributed by atoms with van der Waals surface area (Å²) in [6.45, 7) is 5.79. The first-order valence-corrected chi connectivity index (χ1v) is 10.6. The van der Waals surface area contributed by atoms with E-state index in [4.69, 9.17) is 0 Å². The Bertz CT molecular complexity index is 826. The lowest BCUT2D eigenvalue weighted by molar-refractivity contribution is -0.123. The Morgan fingerprint density at radius 1 is 1.15 bits per heavy atom. The van der Waals surface area contributed by atoms with Crippen LogP contribution in [0.25, 0.3) is 5.57 Å². The summed E-state index contributed by atoms with van der Waals surface area (Å²) in [7, 11) is 0. The van der Waals surface area contributed by atoms with Crippen LogP contribution in [0.5, 0.6) is 0 Å². The summed E-state index contributed by atoms with van der Waals surface area (Å²) in [6.07, 6.45) is 15.5. The Morgan fingerprint density at radius 3 is 2.85 bits per heavy atom. The molecule has 1 aromatic rings. The fourth-order valence-electron chi connectivity index (χ4n) is 6.96. The standard InChI is InChI=1S/C24H30N2O/c1-23-11-13-26-22(27)14-17(23)5-6-18-20-8-7-19(16-4-3-12-25-15-16)24(20,2)10-9-21(18)23/h3-4,7-8,12,15,17-18,21H,5-6,9-11,13-14H2,1-2H3,(H,26,27)/t17?,18-,21-,23-,24+/m0/s1. The van der Waals surface area contributed by atoms with E-state index in [1.165, 1.54) is 36.8 Å². The predicted molar refractivity (Wildman–Crippen MR) is 108 cm³/mol. The number of pyridine rings is 1. The van der Waals surface area contributed by atoms with Crippen LogP contribution < -0.4 is 5.32 Å². The van der Waals surface area contributed by atoms with E-state index in [0.29, 0.717) is 23.2 Å². The summed E-state index contributed by atoms with van der Waals surface area (Å²) in [5, 5.41) is 3.13. The van der Waals surface area contributed by atoms with Crippen LogP contribution in [-0.2, 0) is 4.79 Å². The van der Waals surface area contributed by atoms with Gasteiger partial charge in [-0.1, -0.05) is 37.6 Å². The van der Waals surface area contributed by atoms with Gasteiger partial charge in [0.15, 0.2) is 0 Å². The van der Waals surface area contributed by atoms with E-state index in [1.807, 2.05) is 18.5 Å². The molecule has 5 rings (SSSR count). The van der Waals surface area contributed by atoms with E-state index < -0.39 is 0 Å². The molecule has 0 spiro atoms. The quantitative estimate of drug-likeness (QED) is 0.782. The smallest absolute Gasteiger partial charge is 0.220 e. The van der Waals surface area contributed by atoms with Crippen molar-refractivity contribution < 1.29 is 4.79 Å². The van der Waals surface area contributed by atoms with Crippen LogP contribution in [-0.4, -0.2) is 17.4 Å². The van der Waals surface area contributed by atoms with Crippen molar-refractivity contribution in [2.24, 2.45) is 28.6 Å². The fraction of sp³-hybridized carbons (Fsp3) is 0.583. The van der Waals surface area contributed by atoms with Crippen molar-refractivity contribution in [2.45, 2.75) is 52.4 Å². The molecule has 1 aromatic heterocycles. The molecule has 1 N–H and O–H groups in total. The van der Waals surface area contributed by atoms with Crippen molar-refractivity contribution in [3.05, 3.63) is 47.8 Å². The molecule has 1 amide bonds. The Labute approximate surface area is 162 Å². The Hall–Kier alpha value is -1.90. The van der Waals surface area contributed by atoms with Gasteiger partial charge in [0.1, 0.15) is 0 Å². The maximum absolute atomic E-state index is 12.1. The first-order chi connectivity index (χ1) is 13.0. The number of carbonyl (C=O) groups excluding carboxylic acids is 1. The topological polar surface area (TPSA) is 42.0 Å². The van der Waals surface area contributed by atoms with Gasteiger partial charge < -0.3 is 5.32 Å². The zero-order valence-electron chi connectivity index (χ0n) is 16.5. The molecule has 0 aromatic carbocycles. The van der Waals surface area contributed by atoms with Crippen molar-refractivity contribution in [3.8, 4) is 0 Å². The third-order valence-electron chi connectivity index (χ3n) is 8.50. The molecule has 1 saturated heterocycles. The number of hydrogen-bond donors (Lipinski definition) is 1. The van der Waals surface area contributed by atoms with Crippen LogP contribution in [0.3, 0.4) is 0 Å². The molecule has 1 aliphatic heterocycles. The number of nitrogens with zero attached hydrogens (tertiary/aromatic N) is 1. The van der Waals surface area contributed by atoms with Gasteiger partial charge in [0.2, 0.25) is 5.91 Å². The molecule has 1 unspecified atom stereocenters. The monoisotopic (exact) mass is 362 g/mol. The zero-order valence-corrected chi connectivity index (χ0v) is 16.5. The highest BCUT2D eigenvalue weighted by atomic mass is 16.1. The largest absolute Gasteiger partial charge is 0.356 e. The molecule has 3 heteroatoms. The first kappa shape index (κ1) is 17.2. The SMILES string of the molecule is C[C@]12CC[C@H]3[C@@H](CCC4CC(=O)NCC[C@@]43C)C1=CC=C2c1cccnc1. The van der Waals surface area contributed by atoms with Gasteiger partial charge in [0.05, 0.1) is 0 Å². The van der Waals surface area contributed by atoms with Crippen molar-refractivity contribution in [1.82, 2.24) is 10.3 Å². The van der Waals surface area contributed by atoms with Crippen LogP contribution >= 0.6 is 0 Å². The average molecular weight is 363 g/mol. The minimum atomic E-state index is 0.159. The van der Waals surface area contributed by atoms with Crippen LogP contribution in [0.2, 0.25) is 0 Å². The number of allylic oxidation sites excluding steroid dienone is 4. The van der Waals surface area contributed by atoms with Crippen molar-refractivity contribution in [2.75, 3.05) is 6.54 Å². The van der Waals surface area contributed by atoms with Gasteiger partial charge in [-0.25, -0.2) is 0 Å². The zero-order chi connectivity index (χ0) is 18.6. The van der Waals surface area contributed by atoms with Gasteiger partial charge in [-0.3, -0.25) is 9.78 Å². The summed E-state index contributed by atoms with van der Waals surface area (Å²) < 4.78 is 0. The number of fused-ring (bicyclic) bond motifs is 5. The lowest BCUT2D eigenvalue weighted by atomic mass is 9.47. The Balaban J connectivity index is 1.47. The third kappa shape index (κ3) is 2.47. The lowest BCUT2D eigenvalue weighted by Crippen LogP contribution is -2.48. The normalized spacial score (nSPS) is 40.7. The lowest BCUT2D eigenvalue weighted by Gasteiger charge is -2.56. The molecule has 4 aliphatic rings. The third-order valence-corrected chi connectivity index (χ3v) is 8.50. The maximum Gasteiger partial charge on any atom is 0.220 e. The van der Waals surface area contributed by atoms with E-state index in [-0.39, 0.29) is 11.3 Å². The van der Waals surface area contributed by atoms with Crippen molar-refractivity contribution >= 4 is 11.5 Å². The summed E-state index contributed by atoms with van der Waals surface area (Å²) in [6, 6.07) is 4.25. The number of carbonyl (C=O) groups is 1. The number of aromatic nitrogens is 1. The summed E-state index contributed by atoms with van der Waals surface area (Å²) in [4.78, 5) is 16.5. The van der Waals surface area contributed by atoms with Crippen LogP contribution in [0.15, 0.2) is 42.3 Å². The molecule has 0 bridgehead atoms.